The lowest BCUT2D eigenvalue weighted by Crippen LogP contribution is -2.00. The minimum atomic E-state index is 0.537. The van der Waals surface area contributed by atoms with Gasteiger partial charge in [0.15, 0.2) is 17.5 Å². The molecular weight excluding hydrogens is 845 g/mol. The van der Waals surface area contributed by atoms with Gasteiger partial charge in [-0.15, -0.1) is 0 Å². The first-order valence-electron chi connectivity index (χ1n) is 23.2. The average molecular weight is 883 g/mol. The van der Waals surface area contributed by atoms with E-state index in [9.17, 15) is 0 Å². The second kappa shape index (κ2) is 15.6. The molecular formula is C63H38N4O2. The maximum Gasteiger partial charge on any atom is 0.167 e. The summed E-state index contributed by atoms with van der Waals surface area (Å²) in [5.41, 5.74) is 15.7. The highest BCUT2D eigenvalue weighted by Gasteiger charge is 2.22. The highest BCUT2D eigenvalue weighted by atomic mass is 16.3. The predicted octanol–water partition coefficient (Wildman–Crippen LogP) is 16.8. The summed E-state index contributed by atoms with van der Waals surface area (Å²) in [7, 11) is 0. The zero-order valence-electron chi connectivity index (χ0n) is 37.0. The highest BCUT2D eigenvalue weighted by molar-refractivity contribution is 6.15. The van der Waals surface area contributed by atoms with Crippen molar-refractivity contribution in [3.8, 4) is 73.2 Å². The van der Waals surface area contributed by atoms with Crippen molar-refractivity contribution in [1.82, 2.24) is 19.5 Å². The molecule has 0 aliphatic heterocycles. The number of furan rings is 2. The molecule has 0 aliphatic carbocycles. The molecule has 0 saturated carbocycles. The first-order valence-corrected chi connectivity index (χ1v) is 23.2. The van der Waals surface area contributed by atoms with Gasteiger partial charge in [0.05, 0.1) is 16.6 Å². The summed E-state index contributed by atoms with van der Waals surface area (Å²) in [4.78, 5) is 15.3. The fourth-order valence-electron chi connectivity index (χ4n) is 10.1. The van der Waals surface area contributed by atoms with Crippen molar-refractivity contribution in [3.05, 3.63) is 231 Å². The highest BCUT2D eigenvalue weighted by Crippen LogP contribution is 2.43. The number of rotatable bonds is 7. The van der Waals surface area contributed by atoms with Crippen LogP contribution in [0, 0.1) is 0 Å². The Balaban J connectivity index is 0.935. The molecule has 0 fully saturated rings. The number of para-hydroxylation sites is 3. The molecule has 0 amide bonds. The van der Waals surface area contributed by atoms with Gasteiger partial charge >= 0.3 is 0 Å². The number of aromatic nitrogens is 4. The van der Waals surface area contributed by atoms with Crippen molar-refractivity contribution in [2.45, 2.75) is 0 Å². The molecule has 0 unspecified atom stereocenters. The molecule has 6 heteroatoms. The number of hydrogen-bond acceptors (Lipinski definition) is 5. The Morgan fingerprint density at radius 2 is 0.783 bits per heavy atom. The van der Waals surface area contributed by atoms with Gasteiger partial charge in [-0.25, -0.2) is 15.0 Å². The molecule has 10 aromatic carbocycles. The smallest absolute Gasteiger partial charge is 0.167 e. The van der Waals surface area contributed by atoms with E-state index in [0.717, 1.165) is 94.0 Å². The number of hydrogen-bond donors (Lipinski definition) is 0. The Morgan fingerprint density at radius 3 is 1.54 bits per heavy atom. The quantitative estimate of drug-likeness (QED) is 0.159. The maximum atomic E-state index is 6.81. The van der Waals surface area contributed by atoms with Crippen LogP contribution >= 0.6 is 0 Å². The van der Waals surface area contributed by atoms with E-state index < -0.39 is 0 Å². The van der Waals surface area contributed by atoms with E-state index in [0.29, 0.717) is 23.1 Å². The average Bonchev–Trinajstić information content (AvgIpc) is 4.10. The van der Waals surface area contributed by atoms with E-state index >= 15 is 0 Å². The van der Waals surface area contributed by atoms with Crippen molar-refractivity contribution in [2.24, 2.45) is 0 Å². The monoisotopic (exact) mass is 882 g/mol. The lowest BCUT2D eigenvalue weighted by Gasteiger charge is -2.12. The minimum Gasteiger partial charge on any atom is -0.455 e. The normalized spacial score (nSPS) is 11.8. The first kappa shape index (κ1) is 38.8. The number of benzene rings is 10. The Labute approximate surface area is 396 Å². The van der Waals surface area contributed by atoms with Gasteiger partial charge in [0.25, 0.3) is 0 Å². The van der Waals surface area contributed by atoms with Gasteiger partial charge in [0.2, 0.25) is 0 Å². The third kappa shape index (κ3) is 6.45. The molecule has 14 aromatic rings. The molecule has 4 heterocycles. The van der Waals surface area contributed by atoms with Gasteiger partial charge in [-0.2, -0.15) is 0 Å². The molecule has 0 aliphatic rings. The van der Waals surface area contributed by atoms with Crippen LogP contribution < -0.4 is 0 Å². The van der Waals surface area contributed by atoms with Crippen LogP contribution in [0.1, 0.15) is 0 Å². The standard InChI is InChI=1S/C63H38N4O2/c1-4-15-39(16-5-1)41-27-29-43(30-28-41)62-64-61(42-19-8-3-9-20-42)65-63(66-62)50-24-14-23-49-53-36-45(32-34-58(53)69-59(49)50)51-37-46(38-54-48-22-11-13-26-57(48)68-60(51)54)67-55-25-12-10-21-47(55)52-35-44(31-33-56(52)67)40-17-6-2-7-18-40/h1-38H. The molecule has 0 atom stereocenters. The minimum absolute atomic E-state index is 0.537. The first-order chi connectivity index (χ1) is 34.2. The van der Waals surface area contributed by atoms with Gasteiger partial charge in [0, 0.05) is 54.7 Å². The molecule has 14 rings (SSSR count). The summed E-state index contributed by atoms with van der Waals surface area (Å²) in [5, 5.41) is 6.48. The van der Waals surface area contributed by atoms with Crippen LogP contribution in [0.15, 0.2) is 239 Å². The summed E-state index contributed by atoms with van der Waals surface area (Å²) in [6.45, 7) is 0. The third-order valence-electron chi connectivity index (χ3n) is 13.5. The fourth-order valence-corrected chi connectivity index (χ4v) is 10.1. The SMILES string of the molecule is c1ccc(-c2ccc(-c3nc(-c4ccccc4)nc(-c4cccc5c4oc4ccc(-c6cc(-n7c8ccccc8c8cc(-c9ccccc9)ccc87)cc7c6oc6ccccc67)cc45)n3)cc2)cc1. The van der Waals surface area contributed by atoms with Crippen molar-refractivity contribution in [3.63, 3.8) is 0 Å². The van der Waals surface area contributed by atoms with Gasteiger partial charge < -0.3 is 13.4 Å². The molecule has 69 heavy (non-hydrogen) atoms. The fraction of sp³-hybridized carbons (Fsp3) is 0. The summed E-state index contributed by atoms with van der Waals surface area (Å²) >= 11 is 0. The Bertz CT molecular complexity index is 4290. The van der Waals surface area contributed by atoms with Crippen LogP contribution in [0.5, 0.6) is 0 Å². The van der Waals surface area contributed by atoms with E-state index in [1.165, 1.54) is 21.9 Å². The second-order valence-electron chi connectivity index (χ2n) is 17.5. The van der Waals surface area contributed by atoms with Crippen LogP contribution in [0.3, 0.4) is 0 Å². The molecule has 0 saturated heterocycles. The van der Waals surface area contributed by atoms with Crippen molar-refractivity contribution >= 4 is 65.7 Å². The molecule has 0 bridgehead atoms. The zero-order chi connectivity index (χ0) is 45.4. The van der Waals surface area contributed by atoms with Crippen LogP contribution in [0.2, 0.25) is 0 Å². The number of nitrogens with zero attached hydrogens (tertiary/aromatic N) is 4. The Hall–Kier alpha value is -9.39. The second-order valence-corrected chi connectivity index (χ2v) is 17.5. The Morgan fingerprint density at radius 1 is 0.275 bits per heavy atom. The van der Waals surface area contributed by atoms with Crippen molar-refractivity contribution in [1.29, 1.82) is 0 Å². The van der Waals surface area contributed by atoms with Crippen LogP contribution in [-0.4, -0.2) is 19.5 Å². The van der Waals surface area contributed by atoms with E-state index in [-0.39, 0.29) is 0 Å². The molecule has 322 valence electrons. The third-order valence-corrected chi connectivity index (χ3v) is 13.5. The predicted molar refractivity (Wildman–Crippen MR) is 281 cm³/mol. The van der Waals surface area contributed by atoms with Crippen LogP contribution in [-0.2, 0) is 0 Å². The maximum absolute atomic E-state index is 6.81. The van der Waals surface area contributed by atoms with Gasteiger partial charge in [-0.1, -0.05) is 176 Å². The molecule has 0 radical (unpaired) electrons. The van der Waals surface area contributed by atoms with Gasteiger partial charge in [-0.3, -0.25) is 0 Å². The van der Waals surface area contributed by atoms with E-state index in [4.69, 9.17) is 23.8 Å². The summed E-state index contributed by atoms with van der Waals surface area (Å²) in [5.74, 6) is 1.71. The lowest BCUT2D eigenvalue weighted by molar-refractivity contribution is 0.668. The van der Waals surface area contributed by atoms with E-state index in [2.05, 4.69) is 180 Å². The van der Waals surface area contributed by atoms with E-state index in [1.807, 2.05) is 54.6 Å². The van der Waals surface area contributed by atoms with Crippen molar-refractivity contribution in [2.75, 3.05) is 0 Å². The molecule has 4 aromatic heterocycles. The topological polar surface area (TPSA) is 69.9 Å². The molecule has 0 spiro atoms. The lowest BCUT2D eigenvalue weighted by atomic mass is 9.99. The summed E-state index contributed by atoms with van der Waals surface area (Å²) < 4.78 is 16.0. The zero-order valence-corrected chi connectivity index (χ0v) is 37.0. The van der Waals surface area contributed by atoms with Crippen LogP contribution in [0.25, 0.3) is 139 Å². The molecule has 6 nitrogen and oxygen atoms in total. The Kier molecular flexibility index (Phi) is 8.79. The summed E-state index contributed by atoms with van der Waals surface area (Å²) in [6.07, 6.45) is 0. The largest absolute Gasteiger partial charge is 0.455 e. The summed E-state index contributed by atoms with van der Waals surface area (Å²) in [6, 6.07) is 80.5. The van der Waals surface area contributed by atoms with Gasteiger partial charge in [0.1, 0.15) is 22.3 Å². The van der Waals surface area contributed by atoms with Crippen LogP contribution in [0.4, 0.5) is 0 Å². The van der Waals surface area contributed by atoms with Crippen molar-refractivity contribution < 1.29 is 8.83 Å². The molecule has 0 N–H and O–H groups in total. The van der Waals surface area contributed by atoms with E-state index in [1.54, 1.807) is 0 Å². The van der Waals surface area contributed by atoms with Gasteiger partial charge in [-0.05, 0) is 82.4 Å². The number of fused-ring (bicyclic) bond motifs is 9.